The first-order valence-corrected chi connectivity index (χ1v) is 10.5. The zero-order valence-electron chi connectivity index (χ0n) is 17.5. The van der Waals surface area contributed by atoms with E-state index < -0.39 is 34.9 Å². The first-order valence-electron chi connectivity index (χ1n) is 9.47. The lowest BCUT2D eigenvalue weighted by Gasteiger charge is -2.17. The Morgan fingerprint density at radius 2 is 2.03 bits per heavy atom. The summed E-state index contributed by atoms with van der Waals surface area (Å²) in [6.07, 6.45) is -0.514. The molecule has 2 aromatic rings. The van der Waals surface area contributed by atoms with Gasteiger partial charge in [-0.25, -0.2) is 14.7 Å². The minimum Gasteiger partial charge on any atom is -0.348 e. The van der Waals surface area contributed by atoms with Gasteiger partial charge in [-0.05, 0) is 54.1 Å². The summed E-state index contributed by atoms with van der Waals surface area (Å²) in [6, 6.07) is 4.59. The first-order chi connectivity index (χ1) is 14.5. The van der Waals surface area contributed by atoms with Crippen molar-refractivity contribution in [3.05, 3.63) is 65.2 Å². The van der Waals surface area contributed by atoms with Gasteiger partial charge >= 0.3 is 5.69 Å². The van der Waals surface area contributed by atoms with Gasteiger partial charge in [-0.15, -0.1) is 0 Å². The lowest BCUT2D eigenvalue weighted by atomic mass is 10.0. The van der Waals surface area contributed by atoms with Crippen molar-refractivity contribution >= 4 is 28.5 Å². The third-order valence-corrected chi connectivity index (χ3v) is 5.56. The molecule has 1 fully saturated rings. The minimum atomic E-state index is -0.838. The predicted octanol–water partition coefficient (Wildman–Crippen LogP) is 1.23. The molecule has 1 aliphatic heterocycles. The second-order valence-corrected chi connectivity index (χ2v) is 8.88. The van der Waals surface area contributed by atoms with E-state index in [0.717, 1.165) is 9.13 Å². The quantitative estimate of drug-likeness (QED) is 0.432. The van der Waals surface area contributed by atoms with Gasteiger partial charge in [0.25, 0.3) is 11.5 Å². The van der Waals surface area contributed by atoms with Crippen molar-refractivity contribution in [1.82, 2.24) is 14.6 Å². The molecule has 1 saturated heterocycles. The molecule has 9 nitrogen and oxygen atoms in total. The molecule has 0 aliphatic carbocycles. The maximum Gasteiger partial charge on any atom is 0.330 e. The average Bonchev–Trinajstić information content (AvgIpc) is 3.04. The van der Waals surface area contributed by atoms with Gasteiger partial charge in [0.1, 0.15) is 24.1 Å². The van der Waals surface area contributed by atoms with E-state index in [0.29, 0.717) is 10.2 Å². The molecule has 1 N–H and O–H groups in total. The van der Waals surface area contributed by atoms with Crippen LogP contribution >= 0.6 is 22.6 Å². The normalized spacial score (nSPS) is 17.7. The van der Waals surface area contributed by atoms with Crippen LogP contribution in [0.2, 0.25) is 0 Å². The second-order valence-electron chi connectivity index (χ2n) is 7.63. The van der Waals surface area contributed by atoms with Gasteiger partial charge in [0, 0.05) is 29.8 Å². The zero-order valence-corrected chi connectivity index (χ0v) is 19.7. The number of aromatic nitrogens is 2. The molecule has 1 aromatic heterocycles. The van der Waals surface area contributed by atoms with Crippen molar-refractivity contribution in [1.29, 1.82) is 0 Å². The molecule has 11 heteroatoms. The van der Waals surface area contributed by atoms with E-state index in [1.807, 2.05) is 22.6 Å². The van der Waals surface area contributed by atoms with Crippen LogP contribution < -0.4 is 16.7 Å². The summed E-state index contributed by atoms with van der Waals surface area (Å²) in [5.74, 6) is -2.07. The number of hydroxylamine groups is 1. The molecular formula is C20H23FIN3O6. The fourth-order valence-corrected chi connectivity index (χ4v) is 3.72. The summed E-state index contributed by atoms with van der Waals surface area (Å²) in [5, 5.41) is 0. The highest BCUT2D eigenvalue weighted by Gasteiger charge is 2.33. The SMILES string of the molecule is Cn1c(Cc2ccc(I)cc2F)c(C(=O)NOCC2COC(C)(C)O2)c(=O)n(C)c1=O. The zero-order chi connectivity index (χ0) is 22.9. The molecule has 0 spiro atoms. The molecule has 1 aromatic carbocycles. The monoisotopic (exact) mass is 547 g/mol. The molecule has 2 heterocycles. The number of benzene rings is 1. The van der Waals surface area contributed by atoms with Crippen LogP contribution in [0.1, 0.15) is 35.5 Å². The van der Waals surface area contributed by atoms with Crippen LogP contribution in [0, 0.1) is 9.39 Å². The highest BCUT2D eigenvalue weighted by molar-refractivity contribution is 14.1. The average molecular weight is 547 g/mol. The van der Waals surface area contributed by atoms with Crippen molar-refractivity contribution in [2.75, 3.05) is 13.2 Å². The number of rotatable bonds is 6. The molecule has 0 saturated carbocycles. The number of carbonyl (C=O) groups excluding carboxylic acids is 1. The van der Waals surface area contributed by atoms with Crippen molar-refractivity contribution in [2.24, 2.45) is 14.1 Å². The Balaban J connectivity index is 1.87. The molecule has 31 heavy (non-hydrogen) atoms. The Morgan fingerprint density at radius 3 is 2.65 bits per heavy atom. The van der Waals surface area contributed by atoms with Gasteiger partial charge in [0.05, 0.1) is 6.61 Å². The number of carbonyl (C=O) groups is 1. The van der Waals surface area contributed by atoms with Gasteiger partial charge < -0.3 is 9.47 Å². The predicted molar refractivity (Wildman–Crippen MR) is 117 cm³/mol. The maximum absolute atomic E-state index is 14.4. The highest BCUT2D eigenvalue weighted by Crippen LogP contribution is 2.22. The number of hydrogen-bond acceptors (Lipinski definition) is 6. The van der Waals surface area contributed by atoms with E-state index in [9.17, 15) is 18.8 Å². The van der Waals surface area contributed by atoms with E-state index >= 15 is 0 Å². The summed E-state index contributed by atoms with van der Waals surface area (Å²) >= 11 is 1.98. The number of halogens is 2. The molecule has 1 amide bonds. The summed E-state index contributed by atoms with van der Waals surface area (Å²) in [4.78, 5) is 43.2. The Bertz CT molecular complexity index is 1130. The molecular weight excluding hydrogens is 524 g/mol. The van der Waals surface area contributed by atoms with Gasteiger partial charge in [0.15, 0.2) is 5.79 Å². The fraction of sp³-hybridized carbons (Fsp3) is 0.450. The summed E-state index contributed by atoms with van der Waals surface area (Å²) in [6.45, 7) is 3.82. The number of hydrogen-bond donors (Lipinski definition) is 1. The standard InChI is InChI=1S/C20H23FIN3O6/c1-20(2)29-9-13(31-20)10-30-23-17(26)16-15(24(3)19(28)25(4)18(16)27)7-11-5-6-12(22)8-14(11)21/h5-6,8,13H,7,9-10H2,1-4H3,(H,23,26). The Labute approximate surface area is 191 Å². The number of nitrogens with one attached hydrogen (secondary N) is 1. The second kappa shape index (κ2) is 9.18. The van der Waals surface area contributed by atoms with E-state index in [1.165, 1.54) is 20.2 Å². The van der Waals surface area contributed by atoms with Crippen molar-refractivity contribution in [2.45, 2.75) is 32.2 Å². The van der Waals surface area contributed by atoms with Gasteiger partial charge in [-0.3, -0.25) is 23.6 Å². The van der Waals surface area contributed by atoms with Gasteiger partial charge in [-0.1, -0.05) is 6.07 Å². The molecule has 1 aliphatic rings. The molecule has 168 valence electrons. The molecule has 0 bridgehead atoms. The van der Waals surface area contributed by atoms with Gasteiger partial charge in [0.2, 0.25) is 0 Å². The third-order valence-electron chi connectivity index (χ3n) is 4.89. The molecule has 0 radical (unpaired) electrons. The third kappa shape index (κ3) is 5.22. The fourth-order valence-electron chi connectivity index (χ4n) is 3.26. The number of nitrogens with zero attached hydrogens (tertiary/aromatic N) is 2. The van der Waals surface area contributed by atoms with E-state index in [1.54, 1.807) is 26.0 Å². The molecule has 3 rings (SSSR count). The van der Waals surface area contributed by atoms with Crippen LogP contribution in [-0.4, -0.2) is 40.1 Å². The maximum atomic E-state index is 14.4. The van der Waals surface area contributed by atoms with E-state index in [4.69, 9.17) is 14.3 Å². The van der Waals surface area contributed by atoms with Gasteiger partial charge in [-0.2, -0.15) is 0 Å². The lowest BCUT2D eigenvalue weighted by Crippen LogP contribution is -2.45. The van der Waals surface area contributed by atoms with E-state index in [2.05, 4.69) is 5.48 Å². The highest BCUT2D eigenvalue weighted by atomic mass is 127. The largest absolute Gasteiger partial charge is 0.348 e. The Morgan fingerprint density at radius 1 is 1.32 bits per heavy atom. The van der Waals surface area contributed by atoms with Crippen molar-refractivity contribution in [3.63, 3.8) is 0 Å². The van der Waals surface area contributed by atoms with Crippen LogP contribution in [0.25, 0.3) is 0 Å². The number of ether oxygens (including phenoxy) is 2. The van der Waals surface area contributed by atoms with Crippen LogP contribution in [0.3, 0.4) is 0 Å². The Kier molecular flexibility index (Phi) is 6.98. The van der Waals surface area contributed by atoms with Crippen LogP contribution in [0.5, 0.6) is 0 Å². The van der Waals surface area contributed by atoms with E-state index in [-0.39, 0.29) is 29.8 Å². The van der Waals surface area contributed by atoms with Crippen molar-refractivity contribution in [3.8, 4) is 0 Å². The summed E-state index contributed by atoms with van der Waals surface area (Å²) < 4.78 is 28.1. The van der Waals surface area contributed by atoms with Crippen LogP contribution in [0.4, 0.5) is 4.39 Å². The first kappa shape index (κ1) is 23.6. The smallest absolute Gasteiger partial charge is 0.330 e. The van der Waals surface area contributed by atoms with Crippen molar-refractivity contribution < 1.29 is 23.5 Å². The summed E-state index contributed by atoms with van der Waals surface area (Å²) in [7, 11) is 2.69. The molecule has 1 atom stereocenters. The Hall–Kier alpha value is -2.09. The van der Waals surface area contributed by atoms with Crippen LogP contribution in [0.15, 0.2) is 27.8 Å². The van der Waals surface area contributed by atoms with Crippen LogP contribution in [-0.2, 0) is 34.8 Å². The topological polar surface area (TPSA) is 101 Å². The molecule has 1 unspecified atom stereocenters. The number of amides is 1. The summed E-state index contributed by atoms with van der Waals surface area (Å²) in [5.41, 5.74) is 0.825. The minimum absolute atomic E-state index is 0.00231. The lowest BCUT2D eigenvalue weighted by molar-refractivity contribution is -0.147.